The molecule has 2 aromatic carbocycles. The Labute approximate surface area is 145 Å². The largest absolute Gasteiger partial charge is 0.338 e. The molecule has 3 aromatic rings. The molecule has 0 unspecified atom stereocenters. The summed E-state index contributed by atoms with van der Waals surface area (Å²) in [6.07, 6.45) is 0. The molecule has 6 heteroatoms. The van der Waals surface area contributed by atoms with Gasteiger partial charge in [-0.3, -0.25) is 4.79 Å². The van der Waals surface area contributed by atoms with Crippen LogP contribution in [0.25, 0.3) is 0 Å². The highest BCUT2D eigenvalue weighted by molar-refractivity contribution is 6.03. The van der Waals surface area contributed by atoms with Crippen molar-refractivity contribution in [2.24, 2.45) is 0 Å². The van der Waals surface area contributed by atoms with Crippen molar-refractivity contribution in [3.63, 3.8) is 0 Å². The zero-order valence-corrected chi connectivity index (χ0v) is 13.9. The van der Waals surface area contributed by atoms with Crippen molar-refractivity contribution in [1.29, 1.82) is 0 Å². The summed E-state index contributed by atoms with van der Waals surface area (Å²) in [5, 5.41) is 5.70. The minimum atomic E-state index is -0.398. The number of benzene rings is 2. The quantitative estimate of drug-likeness (QED) is 0.748. The minimum absolute atomic E-state index is 0.203. The van der Waals surface area contributed by atoms with Crippen molar-refractivity contribution in [2.75, 3.05) is 10.6 Å². The molecular weight excluding hydrogens is 319 g/mol. The van der Waals surface area contributed by atoms with E-state index < -0.39 is 5.82 Å². The molecule has 2 N–H and O–H groups in total. The number of nitrogens with one attached hydrogen (secondary N) is 2. The van der Waals surface area contributed by atoms with E-state index in [4.69, 9.17) is 0 Å². The number of carbonyl (C=O) groups excluding carboxylic acids is 1. The second-order valence-electron chi connectivity index (χ2n) is 5.56. The number of aromatic nitrogens is 2. The highest BCUT2D eigenvalue weighted by Crippen LogP contribution is 2.19. The molecule has 3 rings (SSSR count). The highest BCUT2D eigenvalue weighted by Gasteiger charge is 2.12. The van der Waals surface area contributed by atoms with Crippen LogP contribution in [-0.2, 0) is 0 Å². The molecule has 0 aliphatic rings. The summed E-state index contributed by atoms with van der Waals surface area (Å²) in [5.74, 6) is 0.0184. The lowest BCUT2D eigenvalue weighted by Crippen LogP contribution is -2.16. The molecule has 0 bridgehead atoms. The maximum Gasteiger partial charge on any atom is 0.274 e. The fourth-order valence-electron chi connectivity index (χ4n) is 2.35. The second-order valence-corrected chi connectivity index (χ2v) is 5.56. The van der Waals surface area contributed by atoms with E-state index in [1.165, 1.54) is 12.1 Å². The van der Waals surface area contributed by atoms with Gasteiger partial charge in [-0.15, -0.1) is 0 Å². The topological polar surface area (TPSA) is 66.9 Å². The monoisotopic (exact) mass is 336 g/mol. The zero-order valence-electron chi connectivity index (χ0n) is 13.9. The number of rotatable bonds is 4. The molecule has 1 aromatic heterocycles. The number of halogens is 1. The van der Waals surface area contributed by atoms with Crippen LogP contribution >= 0.6 is 0 Å². The molecule has 0 fully saturated rings. The van der Waals surface area contributed by atoms with Crippen molar-refractivity contribution in [3.05, 3.63) is 77.5 Å². The first-order chi connectivity index (χ1) is 12.0. The predicted octanol–water partition coefficient (Wildman–Crippen LogP) is 4.23. The van der Waals surface area contributed by atoms with Crippen LogP contribution in [0.2, 0.25) is 0 Å². The SMILES string of the molecule is Cc1nc(Nc2ccccc2F)cc(C(=O)Nc2ccccc2C)n1. The summed E-state index contributed by atoms with van der Waals surface area (Å²) >= 11 is 0. The van der Waals surface area contributed by atoms with Gasteiger partial charge in [0.15, 0.2) is 0 Å². The van der Waals surface area contributed by atoms with Crippen LogP contribution in [0.3, 0.4) is 0 Å². The Balaban J connectivity index is 1.85. The lowest BCUT2D eigenvalue weighted by Gasteiger charge is -2.10. The minimum Gasteiger partial charge on any atom is -0.338 e. The Morgan fingerprint density at radius 2 is 1.64 bits per heavy atom. The van der Waals surface area contributed by atoms with Crippen LogP contribution in [0.5, 0.6) is 0 Å². The predicted molar refractivity (Wildman–Crippen MR) is 95.6 cm³/mol. The van der Waals surface area contributed by atoms with Crippen molar-refractivity contribution in [2.45, 2.75) is 13.8 Å². The zero-order chi connectivity index (χ0) is 17.8. The maximum absolute atomic E-state index is 13.8. The van der Waals surface area contributed by atoms with Crippen molar-refractivity contribution in [3.8, 4) is 0 Å². The van der Waals surface area contributed by atoms with Crippen molar-refractivity contribution >= 4 is 23.1 Å². The van der Waals surface area contributed by atoms with E-state index >= 15 is 0 Å². The summed E-state index contributed by atoms with van der Waals surface area (Å²) in [6, 6.07) is 15.2. The fraction of sp³-hybridized carbons (Fsp3) is 0.105. The molecule has 0 spiro atoms. The van der Waals surface area contributed by atoms with Gasteiger partial charge in [0.2, 0.25) is 0 Å². The van der Waals surface area contributed by atoms with E-state index in [9.17, 15) is 9.18 Å². The highest BCUT2D eigenvalue weighted by atomic mass is 19.1. The lowest BCUT2D eigenvalue weighted by molar-refractivity contribution is 0.102. The van der Waals surface area contributed by atoms with Gasteiger partial charge >= 0.3 is 0 Å². The Morgan fingerprint density at radius 3 is 2.36 bits per heavy atom. The number of carbonyl (C=O) groups is 1. The van der Waals surface area contributed by atoms with Crippen LogP contribution in [-0.4, -0.2) is 15.9 Å². The van der Waals surface area contributed by atoms with Crippen molar-refractivity contribution < 1.29 is 9.18 Å². The Bertz CT molecular complexity index is 927. The van der Waals surface area contributed by atoms with Gasteiger partial charge < -0.3 is 10.6 Å². The van der Waals surface area contributed by atoms with Gasteiger partial charge in [-0.1, -0.05) is 30.3 Å². The number of anilines is 3. The van der Waals surface area contributed by atoms with Gasteiger partial charge in [-0.05, 0) is 37.6 Å². The van der Waals surface area contributed by atoms with E-state index in [0.29, 0.717) is 17.3 Å². The molecule has 0 atom stereocenters. The van der Waals surface area contributed by atoms with Crippen LogP contribution in [0.15, 0.2) is 54.6 Å². The molecular formula is C19H17FN4O. The summed E-state index contributed by atoms with van der Waals surface area (Å²) in [6.45, 7) is 3.59. The second kappa shape index (κ2) is 7.09. The van der Waals surface area contributed by atoms with Crippen LogP contribution < -0.4 is 10.6 Å². The average molecular weight is 336 g/mol. The van der Waals surface area contributed by atoms with Crippen LogP contribution in [0.4, 0.5) is 21.6 Å². The Morgan fingerprint density at radius 1 is 0.960 bits per heavy atom. The number of amides is 1. The van der Waals surface area contributed by atoms with Gasteiger partial charge in [0.25, 0.3) is 5.91 Å². The number of hydrogen-bond donors (Lipinski definition) is 2. The molecule has 0 aliphatic heterocycles. The Kier molecular flexibility index (Phi) is 4.70. The lowest BCUT2D eigenvalue weighted by atomic mass is 10.2. The number of nitrogens with zero attached hydrogens (tertiary/aromatic N) is 2. The molecule has 1 heterocycles. The van der Waals surface area contributed by atoms with Crippen LogP contribution in [0, 0.1) is 19.7 Å². The molecule has 126 valence electrons. The van der Waals surface area contributed by atoms with E-state index in [0.717, 1.165) is 5.56 Å². The summed E-state index contributed by atoms with van der Waals surface area (Å²) < 4.78 is 13.8. The van der Waals surface area contributed by atoms with Gasteiger partial charge in [0.05, 0.1) is 5.69 Å². The molecule has 0 aliphatic carbocycles. The molecule has 0 radical (unpaired) electrons. The van der Waals surface area contributed by atoms with E-state index in [1.54, 1.807) is 25.1 Å². The molecule has 5 nitrogen and oxygen atoms in total. The number of hydrogen-bond acceptors (Lipinski definition) is 4. The van der Waals surface area contributed by atoms with Gasteiger partial charge in [-0.25, -0.2) is 14.4 Å². The van der Waals surface area contributed by atoms with E-state index in [2.05, 4.69) is 20.6 Å². The first-order valence-corrected chi connectivity index (χ1v) is 7.77. The van der Waals surface area contributed by atoms with Gasteiger partial charge in [0.1, 0.15) is 23.2 Å². The molecule has 0 saturated heterocycles. The summed E-state index contributed by atoms with van der Waals surface area (Å²) in [4.78, 5) is 20.9. The van der Waals surface area contributed by atoms with Gasteiger partial charge in [0, 0.05) is 11.8 Å². The molecule has 0 saturated carbocycles. The normalized spacial score (nSPS) is 10.4. The summed E-state index contributed by atoms with van der Waals surface area (Å²) in [5.41, 5.74) is 2.15. The third kappa shape index (κ3) is 3.98. The average Bonchev–Trinajstić information content (AvgIpc) is 2.58. The van der Waals surface area contributed by atoms with Crippen molar-refractivity contribution in [1.82, 2.24) is 9.97 Å². The third-order valence-corrected chi connectivity index (χ3v) is 3.60. The van der Waals surface area contributed by atoms with Gasteiger partial charge in [-0.2, -0.15) is 0 Å². The Hall–Kier alpha value is -3.28. The maximum atomic E-state index is 13.8. The summed E-state index contributed by atoms with van der Waals surface area (Å²) in [7, 11) is 0. The molecule has 25 heavy (non-hydrogen) atoms. The molecule has 1 amide bonds. The van der Waals surface area contributed by atoms with E-state index in [-0.39, 0.29) is 17.3 Å². The fourth-order valence-corrected chi connectivity index (χ4v) is 2.35. The first-order valence-electron chi connectivity index (χ1n) is 7.77. The first kappa shape index (κ1) is 16.6. The van der Waals surface area contributed by atoms with Crippen LogP contribution in [0.1, 0.15) is 21.9 Å². The number of para-hydroxylation sites is 2. The van der Waals surface area contributed by atoms with E-state index in [1.807, 2.05) is 31.2 Å². The standard InChI is InChI=1S/C19H17FN4O/c1-12-7-3-5-9-15(12)24-19(25)17-11-18(22-13(2)21-17)23-16-10-6-4-8-14(16)20/h3-11H,1-2H3,(H,24,25)(H,21,22,23). The third-order valence-electron chi connectivity index (χ3n) is 3.60. The smallest absolute Gasteiger partial charge is 0.274 e. The number of aryl methyl sites for hydroxylation is 2.